The minimum absolute atomic E-state index is 0.0480. The van der Waals surface area contributed by atoms with Crippen LogP contribution in [-0.4, -0.2) is 104 Å². The lowest BCUT2D eigenvalue weighted by Gasteiger charge is -2.45. The van der Waals surface area contributed by atoms with Crippen molar-refractivity contribution in [2.45, 2.75) is 81.2 Å². The van der Waals surface area contributed by atoms with Crippen LogP contribution in [0.15, 0.2) is 152 Å². The molecule has 0 saturated carbocycles. The Hall–Kier alpha value is -5.32. The maximum atomic E-state index is 13.4. The van der Waals surface area contributed by atoms with Gasteiger partial charge in [0.15, 0.2) is 24.8 Å². The second-order valence-corrected chi connectivity index (χ2v) is 14.6. The van der Waals surface area contributed by atoms with Crippen LogP contribution in [0.25, 0.3) is 0 Å². The number of carbonyl (C=O) groups is 2. The number of ether oxygens (including phenoxy) is 9. The van der Waals surface area contributed by atoms with Gasteiger partial charge in [0.05, 0.1) is 44.2 Å². The summed E-state index contributed by atoms with van der Waals surface area (Å²) >= 11 is 0. The minimum Gasteiger partial charge on any atom is -0.452 e. The molecule has 0 aromatic heterocycles. The Morgan fingerprint density at radius 1 is 0.475 bits per heavy atom. The molecule has 2 aliphatic rings. The van der Waals surface area contributed by atoms with Crippen molar-refractivity contribution in [1.29, 1.82) is 0 Å². The van der Waals surface area contributed by atoms with E-state index in [4.69, 9.17) is 42.6 Å². The van der Waals surface area contributed by atoms with Gasteiger partial charge in [-0.1, -0.05) is 127 Å². The van der Waals surface area contributed by atoms with Gasteiger partial charge in [0.2, 0.25) is 0 Å². The molecule has 2 heterocycles. The smallest absolute Gasteiger partial charge is 0.338 e. The lowest BCUT2D eigenvalue weighted by molar-refractivity contribution is -0.337. The SMILES string of the molecule is CO[C@@H]1O[C@H](CO[C@H]2O[C@@H](COCc3ccccc3)[C@H](OCc3ccccc3)[C@@H](OCc3ccccc3)[C@H]2O)[C@@H](O)[C@H](OC(=O)c2ccccc2)[C@H]1OC(=O)c1ccccc1. The molecule has 2 N–H and O–H groups in total. The van der Waals surface area contributed by atoms with Crippen molar-refractivity contribution in [3.05, 3.63) is 179 Å². The van der Waals surface area contributed by atoms with Gasteiger partial charge >= 0.3 is 11.9 Å². The molecular weight excluding hydrogens is 785 g/mol. The molecule has 5 aromatic carbocycles. The Morgan fingerprint density at radius 3 is 1.43 bits per heavy atom. The number of benzene rings is 5. The molecular formula is C48H50O13. The average Bonchev–Trinajstić information content (AvgIpc) is 3.31. The first kappa shape index (κ1) is 43.8. The van der Waals surface area contributed by atoms with Crippen molar-refractivity contribution in [1.82, 2.24) is 0 Å². The Morgan fingerprint density at radius 2 is 0.918 bits per heavy atom. The summed E-state index contributed by atoms with van der Waals surface area (Å²) in [4.78, 5) is 26.7. The molecule has 0 unspecified atom stereocenters. The number of methoxy groups -OCH3 is 1. The van der Waals surface area contributed by atoms with E-state index < -0.39 is 73.4 Å². The van der Waals surface area contributed by atoms with E-state index in [2.05, 4.69) is 0 Å². The predicted octanol–water partition coefficient (Wildman–Crippen LogP) is 5.66. The van der Waals surface area contributed by atoms with Crippen LogP contribution >= 0.6 is 0 Å². The van der Waals surface area contributed by atoms with Crippen LogP contribution in [0.3, 0.4) is 0 Å². The molecule has 2 fully saturated rings. The molecule has 2 saturated heterocycles. The molecule has 320 valence electrons. The predicted molar refractivity (Wildman–Crippen MR) is 220 cm³/mol. The van der Waals surface area contributed by atoms with Crippen molar-refractivity contribution in [3.8, 4) is 0 Å². The maximum Gasteiger partial charge on any atom is 0.338 e. The Kier molecular flexibility index (Phi) is 15.8. The topological polar surface area (TPSA) is 158 Å². The van der Waals surface area contributed by atoms with Crippen LogP contribution in [0.2, 0.25) is 0 Å². The summed E-state index contributed by atoms with van der Waals surface area (Å²) in [6.07, 6.45) is -12.3. The van der Waals surface area contributed by atoms with Gasteiger partial charge in [0, 0.05) is 7.11 Å². The Bertz CT molecular complexity index is 2060. The van der Waals surface area contributed by atoms with Crippen molar-refractivity contribution >= 4 is 11.9 Å². The number of aliphatic hydroxyl groups excluding tert-OH is 2. The summed E-state index contributed by atoms with van der Waals surface area (Å²) < 4.78 is 55.3. The highest BCUT2D eigenvalue weighted by Gasteiger charge is 2.52. The quantitative estimate of drug-likeness (QED) is 0.104. The highest BCUT2D eigenvalue weighted by atomic mass is 16.7. The fourth-order valence-electron chi connectivity index (χ4n) is 7.16. The minimum atomic E-state index is -1.61. The molecule has 0 bridgehead atoms. The van der Waals surface area contributed by atoms with Crippen molar-refractivity contribution < 1.29 is 62.4 Å². The first-order chi connectivity index (χ1) is 29.9. The van der Waals surface area contributed by atoms with E-state index in [1.54, 1.807) is 60.7 Å². The van der Waals surface area contributed by atoms with Gasteiger partial charge in [-0.15, -0.1) is 0 Å². The largest absolute Gasteiger partial charge is 0.452 e. The van der Waals surface area contributed by atoms with E-state index in [0.717, 1.165) is 16.7 Å². The summed E-state index contributed by atoms with van der Waals surface area (Å²) in [7, 11) is 1.33. The van der Waals surface area contributed by atoms with E-state index >= 15 is 0 Å². The first-order valence-corrected chi connectivity index (χ1v) is 20.1. The zero-order chi connectivity index (χ0) is 42.4. The molecule has 7 rings (SSSR count). The third-order valence-corrected chi connectivity index (χ3v) is 10.4. The zero-order valence-electron chi connectivity index (χ0n) is 33.6. The molecule has 2 aliphatic heterocycles. The summed E-state index contributed by atoms with van der Waals surface area (Å²) in [6, 6.07) is 45.3. The van der Waals surface area contributed by atoms with Crippen molar-refractivity contribution in [3.63, 3.8) is 0 Å². The molecule has 61 heavy (non-hydrogen) atoms. The molecule has 13 nitrogen and oxygen atoms in total. The number of hydrogen-bond acceptors (Lipinski definition) is 13. The van der Waals surface area contributed by atoms with Crippen LogP contribution in [0.1, 0.15) is 37.4 Å². The summed E-state index contributed by atoms with van der Waals surface area (Å²) in [6.45, 7) is 0.296. The number of esters is 2. The fourth-order valence-corrected chi connectivity index (χ4v) is 7.16. The Balaban J connectivity index is 1.12. The summed E-state index contributed by atoms with van der Waals surface area (Å²) in [5.41, 5.74) is 3.18. The second-order valence-electron chi connectivity index (χ2n) is 14.6. The van der Waals surface area contributed by atoms with E-state index in [1.807, 2.05) is 91.0 Å². The lowest BCUT2D eigenvalue weighted by Crippen LogP contribution is -2.63. The van der Waals surface area contributed by atoms with Crippen LogP contribution in [-0.2, 0) is 62.5 Å². The van der Waals surface area contributed by atoms with Gasteiger partial charge in [-0.25, -0.2) is 9.59 Å². The summed E-state index contributed by atoms with van der Waals surface area (Å²) in [5.74, 6) is -1.52. The summed E-state index contributed by atoms with van der Waals surface area (Å²) in [5, 5.41) is 23.8. The van der Waals surface area contributed by atoms with Crippen LogP contribution in [0, 0.1) is 0 Å². The number of rotatable bonds is 18. The highest BCUT2D eigenvalue weighted by molar-refractivity contribution is 5.90. The molecule has 5 aromatic rings. The maximum absolute atomic E-state index is 13.4. The van der Waals surface area contributed by atoms with Crippen molar-refractivity contribution in [2.75, 3.05) is 20.3 Å². The molecule has 10 atom stereocenters. The number of carbonyl (C=O) groups excluding carboxylic acids is 2. The van der Waals surface area contributed by atoms with Crippen LogP contribution in [0.5, 0.6) is 0 Å². The van der Waals surface area contributed by atoms with Crippen LogP contribution in [0.4, 0.5) is 0 Å². The van der Waals surface area contributed by atoms with E-state index in [1.165, 1.54) is 7.11 Å². The normalized spacial score (nSPS) is 26.3. The molecule has 13 heteroatoms. The Labute approximate surface area is 354 Å². The van der Waals surface area contributed by atoms with Crippen LogP contribution < -0.4 is 0 Å². The van der Waals surface area contributed by atoms with Gasteiger partial charge in [0.25, 0.3) is 0 Å². The fraction of sp³-hybridized carbons (Fsp3) is 0.333. The third-order valence-electron chi connectivity index (χ3n) is 10.4. The van der Waals surface area contributed by atoms with Gasteiger partial charge in [-0.3, -0.25) is 0 Å². The molecule has 0 aliphatic carbocycles. The average molecular weight is 835 g/mol. The van der Waals surface area contributed by atoms with E-state index in [9.17, 15) is 19.8 Å². The zero-order valence-corrected chi connectivity index (χ0v) is 33.6. The molecule has 0 radical (unpaired) electrons. The molecule has 0 spiro atoms. The van der Waals surface area contributed by atoms with Gasteiger partial charge in [-0.05, 0) is 41.0 Å². The van der Waals surface area contributed by atoms with Gasteiger partial charge < -0.3 is 52.8 Å². The highest BCUT2D eigenvalue weighted by Crippen LogP contribution is 2.32. The third kappa shape index (κ3) is 11.7. The molecule has 0 amide bonds. The number of aliphatic hydroxyl groups is 2. The first-order valence-electron chi connectivity index (χ1n) is 20.1. The monoisotopic (exact) mass is 834 g/mol. The standard InChI is InChI=1S/C48H50O13/c1-53-48-44(61-46(52)36-25-15-6-16-26-36)43(60-45(51)35-23-13-5-14-24-35)39(49)37(58-48)31-57-47-40(50)42(56-29-34-21-11-4-12-22-34)41(55-28-33-19-9-3-10-20-33)38(59-47)30-54-27-32-17-7-2-8-18-32/h2-26,37-44,47-50H,27-31H2,1H3/t37-,38+,39-,40-,41+,42+,43+,44-,47+,48-/m1/s1. The van der Waals surface area contributed by atoms with Gasteiger partial charge in [-0.2, -0.15) is 0 Å². The van der Waals surface area contributed by atoms with E-state index in [-0.39, 0.29) is 44.2 Å². The van der Waals surface area contributed by atoms with E-state index in [0.29, 0.717) is 0 Å². The second kappa shape index (κ2) is 22.0. The lowest BCUT2D eigenvalue weighted by atomic mass is 9.97. The van der Waals surface area contributed by atoms with Crippen molar-refractivity contribution in [2.24, 2.45) is 0 Å². The van der Waals surface area contributed by atoms with Gasteiger partial charge in [0.1, 0.15) is 36.6 Å². The number of hydrogen-bond donors (Lipinski definition) is 2.